The number of rotatable bonds is 4. The second kappa shape index (κ2) is 6.50. The first-order chi connectivity index (χ1) is 9.43. The second-order valence-corrected chi connectivity index (χ2v) is 7.96. The third kappa shape index (κ3) is 3.57. The van der Waals surface area contributed by atoms with Gasteiger partial charge in [0.15, 0.2) is 0 Å². The van der Waals surface area contributed by atoms with E-state index in [1.165, 1.54) is 29.1 Å². The van der Waals surface area contributed by atoms with Crippen molar-refractivity contribution in [1.82, 2.24) is 4.90 Å². The van der Waals surface area contributed by atoms with E-state index in [1.54, 1.807) is 0 Å². The molecule has 1 heterocycles. The van der Waals surface area contributed by atoms with Gasteiger partial charge in [0.1, 0.15) is 0 Å². The molecule has 1 aromatic rings. The molecule has 20 heavy (non-hydrogen) atoms. The summed E-state index contributed by atoms with van der Waals surface area (Å²) in [7, 11) is 2.23. The number of likely N-dealkylation sites (N-methyl/N-ethyl adjacent to an activating group) is 1. The minimum atomic E-state index is 0.213. The number of nitrogens with two attached hydrogens (primary N) is 1. The number of thioether (sulfide) groups is 1. The molecule has 1 aliphatic rings. The Morgan fingerprint density at radius 1 is 1.30 bits per heavy atom. The molecule has 2 nitrogen and oxygen atoms in total. The molecule has 0 saturated carbocycles. The average molecular weight is 292 g/mol. The topological polar surface area (TPSA) is 29.3 Å². The fourth-order valence-electron chi connectivity index (χ4n) is 2.84. The van der Waals surface area contributed by atoms with Crippen molar-refractivity contribution in [3.05, 3.63) is 35.4 Å². The molecule has 0 bridgehead atoms. The third-order valence-corrected chi connectivity index (χ3v) is 5.50. The van der Waals surface area contributed by atoms with Gasteiger partial charge in [0.05, 0.1) is 0 Å². The van der Waals surface area contributed by atoms with Gasteiger partial charge in [-0.05, 0) is 35.8 Å². The van der Waals surface area contributed by atoms with Gasteiger partial charge < -0.3 is 5.73 Å². The van der Waals surface area contributed by atoms with Gasteiger partial charge in [-0.15, -0.1) is 0 Å². The Kier molecular flexibility index (Phi) is 5.16. The van der Waals surface area contributed by atoms with Gasteiger partial charge in [0.25, 0.3) is 0 Å². The number of hydrogen-bond acceptors (Lipinski definition) is 3. The highest BCUT2D eigenvalue weighted by atomic mass is 32.2. The van der Waals surface area contributed by atoms with E-state index in [4.69, 9.17) is 5.73 Å². The summed E-state index contributed by atoms with van der Waals surface area (Å²) in [6.07, 6.45) is 1.29. The number of nitrogens with zero attached hydrogens (tertiary/aromatic N) is 1. The van der Waals surface area contributed by atoms with Crippen molar-refractivity contribution in [3.8, 4) is 0 Å². The summed E-state index contributed by atoms with van der Waals surface area (Å²) in [6, 6.07) is 10.1. The lowest BCUT2D eigenvalue weighted by atomic mass is 9.86. The van der Waals surface area contributed by atoms with E-state index in [-0.39, 0.29) is 5.41 Å². The Balaban J connectivity index is 2.14. The fraction of sp³-hybridized carbons (Fsp3) is 0.647. The highest BCUT2D eigenvalue weighted by Crippen LogP contribution is 2.29. The summed E-state index contributed by atoms with van der Waals surface area (Å²) in [5.41, 5.74) is 8.99. The van der Waals surface area contributed by atoms with Crippen molar-refractivity contribution in [2.75, 3.05) is 25.1 Å². The molecule has 2 rings (SSSR count). The lowest BCUT2D eigenvalue weighted by molar-refractivity contribution is 0.193. The van der Waals surface area contributed by atoms with Crippen LogP contribution in [-0.2, 0) is 5.41 Å². The Hall–Kier alpha value is -0.510. The molecule has 0 amide bonds. The Bertz CT molecular complexity index is 416. The minimum Gasteiger partial charge on any atom is -0.329 e. The van der Waals surface area contributed by atoms with Crippen LogP contribution in [0.2, 0.25) is 0 Å². The van der Waals surface area contributed by atoms with Crippen molar-refractivity contribution in [2.45, 2.75) is 44.7 Å². The van der Waals surface area contributed by atoms with Crippen LogP contribution in [0.1, 0.15) is 44.4 Å². The zero-order valence-corrected chi connectivity index (χ0v) is 14.0. The summed E-state index contributed by atoms with van der Waals surface area (Å²) in [5, 5.41) is 0. The normalized spacial score (nSPS) is 21.4. The van der Waals surface area contributed by atoms with Crippen molar-refractivity contribution < 1.29 is 0 Å². The van der Waals surface area contributed by atoms with Crippen LogP contribution in [-0.4, -0.2) is 36.0 Å². The van der Waals surface area contributed by atoms with Crippen molar-refractivity contribution in [3.63, 3.8) is 0 Å². The maximum Gasteiger partial charge on any atom is 0.0470 e. The highest BCUT2D eigenvalue weighted by Gasteiger charge is 2.26. The molecule has 112 valence electrons. The quantitative estimate of drug-likeness (QED) is 0.922. The molecule has 1 aliphatic heterocycles. The first-order valence-electron chi connectivity index (χ1n) is 7.53. The lowest BCUT2D eigenvalue weighted by Crippen LogP contribution is -2.38. The van der Waals surface area contributed by atoms with E-state index in [1.807, 2.05) is 0 Å². The molecule has 2 atom stereocenters. The summed E-state index contributed by atoms with van der Waals surface area (Å²) in [5.74, 6) is 2.53. The maximum absolute atomic E-state index is 6.05. The van der Waals surface area contributed by atoms with Gasteiger partial charge in [0, 0.05) is 24.4 Å². The molecule has 2 N–H and O–H groups in total. The minimum absolute atomic E-state index is 0.213. The van der Waals surface area contributed by atoms with E-state index in [0.29, 0.717) is 18.6 Å². The molecule has 3 heteroatoms. The van der Waals surface area contributed by atoms with E-state index >= 15 is 0 Å². The van der Waals surface area contributed by atoms with Crippen molar-refractivity contribution in [2.24, 2.45) is 5.73 Å². The predicted octanol–water partition coefficient (Wildman–Crippen LogP) is 3.42. The van der Waals surface area contributed by atoms with Gasteiger partial charge in [-0.25, -0.2) is 0 Å². The molecule has 0 aromatic heterocycles. The van der Waals surface area contributed by atoms with Gasteiger partial charge >= 0.3 is 0 Å². The van der Waals surface area contributed by atoms with Crippen LogP contribution in [0, 0.1) is 0 Å². The van der Waals surface area contributed by atoms with E-state index in [2.05, 4.69) is 68.7 Å². The Morgan fingerprint density at radius 2 is 1.95 bits per heavy atom. The van der Waals surface area contributed by atoms with Gasteiger partial charge in [0.2, 0.25) is 0 Å². The summed E-state index contributed by atoms with van der Waals surface area (Å²) in [6.45, 7) is 7.45. The molecule has 0 spiro atoms. The average Bonchev–Trinajstić information content (AvgIpc) is 2.93. The highest BCUT2D eigenvalue weighted by molar-refractivity contribution is 7.99. The molecule has 1 aromatic carbocycles. The molecule has 0 radical (unpaired) electrons. The summed E-state index contributed by atoms with van der Waals surface area (Å²) < 4.78 is 0. The van der Waals surface area contributed by atoms with Gasteiger partial charge in [-0.3, -0.25) is 4.90 Å². The van der Waals surface area contributed by atoms with Crippen LogP contribution in [0.4, 0.5) is 0 Å². The fourth-order valence-corrected chi connectivity index (χ4v) is 4.12. The standard InChI is InChI=1S/C17H28N2S/c1-17(2,3)14-7-5-13(6-8-14)16(11-18)19(4)15-9-10-20-12-15/h5-8,15-16H,9-12,18H2,1-4H3. The molecule has 1 saturated heterocycles. The van der Waals surface area contributed by atoms with E-state index in [9.17, 15) is 0 Å². The van der Waals surface area contributed by atoms with Gasteiger partial charge in [-0.1, -0.05) is 45.0 Å². The predicted molar refractivity (Wildman–Crippen MR) is 90.4 cm³/mol. The smallest absolute Gasteiger partial charge is 0.0470 e. The monoisotopic (exact) mass is 292 g/mol. The van der Waals surface area contributed by atoms with Crippen LogP contribution >= 0.6 is 11.8 Å². The van der Waals surface area contributed by atoms with Crippen molar-refractivity contribution in [1.29, 1.82) is 0 Å². The largest absolute Gasteiger partial charge is 0.329 e. The first kappa shape index (κ1) is 15.9. The zero-order valence-electron chi connectivity index (χ0n) is 13.2. The lowest BCUT2D eigenvalue weighted by Gasteiger charge is -2.32. The van der Waals surface area contributed by atoms with Crippen LogP contribution in [0.5, 0.6) is 0 Å². The van der Waals surface area contributed by atoms with Crippen LogP contribution in [0.15, 0.2) is 24.3 Å². The third-order valence-electron chi connectivity index (χ3n) is 4.36. The number of benzene rings is 1. The maximum atomic E-state index is 6.05. The second-order valence-electron chi connectivity index (χ2n) is 6.81. The molecular weight excluding hydrogens is 264 g/mol. The van der Waals surface area contributed by atoms with E-state index < -0.39 is 0 Å². The van der Waals surface area contributed by atoms with E-state index in [0.717, 1.165) is 0 Å². The summed E-state index contributed by atoms with van der Waals surface area (Å²) in [4.78, 5) is 2.48. The first-order valence-corrected chi connectivity index (χ1v) is 8.69. The van der Waals surface area contributed by atoms with Crippen LogP contribution in [0.3, 0.4) is 0 Å². The molecule has 2 unspecified atom stereocenters. The SMILES string of the molecule is CN(C1CCSC1)C(CN)c1ccc(C(C)(C)C)cc1. The molecule has 1 fully saturated rings. The Morgan fingerprint density at radius 3 is 2.40 bits per heavy atom. The van der Waals surface area contributed by atoms with Crippen molar-refractivity contribution >= 4 is 11.8 Å². The van der Waals surface area contributed by atoms with Gasteiger partial charge in [-0.2, -0.15) is 11.8 Å². The molecular formula is C17H28N2S. The zero-order chi connectivity index (χ0) is 14.8. The molecule has 0 aliphatic carbocycles. The van der Waals surface area contributed by atoms with Crippen LogP contribution in [0.25, 0.3) is 0 Å². The Labute approximate surface area is 128 Å². The summed E-state index contributed by atoms with van der Waals surface area (Å²) >= 11 is 2.06. The van der Waals surface area contributed by atoms with Crippen LogP contribution < -0.4 is 5.73 Å². The number of hydrogen-bond donors (Lipinski definition) is 1.